The molecule has 0 saturated heterocycles. The lowest BCUT2D eigenvalue weighted by Gasteiger charge is -2.30. The molecule has 1 aliphatic heterocycles. The van der Waals surface area contributed by atoms with Gasteiger partial charge >= 0.3 is 0 Å². The van der Waals surface area contributed by atoms with Gasteiger partial charge in [-0.3, -0.25) is 14.8 Å². The Hall–Kier alpha value is -3.41. The van der Waals surface area contributed by atoms with Gasteiger partial charge in [0.1, 0.15) is 0 Å². The number of rotatable bonds is 4. The van der Waals surface area contributed by atoms with Crippen LogP contribution in [0.15, 0.2) is 72.8 Å². The maximum atomic E-state index is 13.6. The standard InChI is InChI=1S/C25H21ClN2O3/c26-22-10-8-19(9-11-22)23(14-17-4-2-1-3-5-17)25(30)28-13-12-18-6-7-20(24(29)27-31)15-21(18)16-28/h1-11,14-15,31H,12-13,16H2,(H,27,29)/b23-14-. The van der Waals surface area contributed by atoms with E-state index in [2.05, 4.69) is 0 Å². The van der Waals surface area contributed by atoms with E-state index in [9.17, 15) is 9.59 Å². The molecule has 6 heteroatoms. The smallest absolute Gasteiger partial charge is 0.274 e. The molecule has 0 aliphatic carbocycles. The first-order chi connectivity index (χ1) is 15.0. The van der Waals surface area contributed by atoms with Gasteiger partial charge in [-0.05, 0) is 59.0 Å². The number of halogens is 1. The number of carbonyl (C=O) groups excluding carboxylic acids is 2. The number of nitrogens with one attached hydrogen (secondary N) is 1. The van der Waals surface area contributed by atoms with E-state index in [-0.39, 0.29) is 5.91 Å². The largest absolute Gasteiger partial charge is 0.334 e. The summed E-state index contributed by atoms with van der Waals surface area (Å²) in [6.07, 6.45) is 2.58. The topological polar surface area (TPSA) is 69.6 Å². The highest BCUT2D eigenvalue weighted by Crippen LogP contribution is 2.27. The average Bonchev–Trinajstić information content (AvgIpc) is 2.82. The van der Waals surface area contributed by atoms with Crippen LogP contribution < -0.4 is 5.48 Å². The summed E-state index contributed by atoms with van der Waals surface area (Å²) in [5.74, 6) is -0.661. The quantitative estimate of drug-likeness (QED) is 0.274. The van der Waals surface area contributed by atoms with Crippen molar-refractivity contribution in [3.63, 3.8) is 0 Å². The summed E-state index contributed by atoms with van der Waals surface area (Å²) in [6.45, 7) is 0.970. The predicted octanol–water partition coefficient (Wildman–Crippen LogP) is 4.58. The van der Waals surface area contributed by atoms with Crippen LogP contribution in [0.5, 0.6) is 0 Å². The molecule has 156 valence electrons. The van der Waals surface area contributed by atoms with Crippen LogP contribution in [-0.2, 0) is 17.8 Å². The minimum absolute atomic E-state index is 0.0890. The molecule has 0 fully saturated rings. The fourth-order valence-corrected chi connectivity index (χ4v) is 3.85. The van der Waals surface area contributed by atoms with Gasteiger partial charge in [-0.25, -0.2) is 5.48 Å². The molecule has 2 amide bonds. The summed E-state index contributed by atoms with van der Waals surface area (Å²) in [6, 6.07) is 22.2. The zero-order valence-corrected chi connectivity index (χ0v) is 17.5. The molecule has 31 heavy (non-hydrogen) atoms. The molecule has 3 aromatic carbocycles. The van der Waals surface area contributed by atoms with Crippen LogP contribution in [0.4, 0.5) is 0 Å². The predicted molar refractivity (Wildman–Crippen MR) is 121 cm³/mol. The lowest BCUT2D eigenvalue weighted by atomic mass is 9.95. The van der Waals surface area contributed by atoms with E-state index in [4.69, 9.17) is 16.8 Å². The normalized spacial score (nSPS) is 13.5. The van der Waals surface area contributed by atoms with Crippen molar-refractivity contribution >= 4 is 35.1 Å². The maximum Gasteiger partial charge on any atom is 0.274 e. The second-order valence-corrected chi connectivity index (χ2v) is 7.81. The summed E-state index contributed by atoms with van der Waals surface area (Å²) in [7, 11) is 0. The van der Waals surface area contributed by atoms with Gasteiger partial charge in [0, 0.05) is 29.2 Å². The fraction of sp³-hybridized carbons (Fsp3) is 0.120. The molecule has 0 atom stereocenters. The molecular formula is C25H21ClN2O3. The van der Waals surface area contributed by atoms with E-state index in [1.807, 2.05) is 54.6 Å². The van der Waals surface area contributed by atoms with Crippen molar-refractivity contribution in [2.45, 2.75) is 13.0 Å². The number of hydroxylamine groups is 1. The number of hydrogen-bond donors (Lipinski definition) is 2. The van der Waals surface area contributed by atoms with Crippen molar-refractivity contribution in [2.75, 3.05) is 6.54 Å². The molecule has 0 aromatic heterocycles. The Morgan fingerprint density at radius 3 is 2.35 bits per heavy atom. The van der Waals surface area contributed by atoms with Gasteiger partial charge in [-0.15, -0.1) is 0 Å². The van der Waals surface area contributed by atoms with E-state index < -0.39 is 5.91 Å². The monoisotopic (exact) mass is 432 g/mol. The van der Waals surface area contributed by atoms with E-state index in [1.165, 1.54) is 0 Å². The number of fused-ring (bicyclic) bond motifs is 1. The molecule has 5 nitrogen and oxygen atoms in total. The zero-order valence-electron chi connectivity index (χ0n) is 16.7. The second-order valence-electron chi connectivity index (χ2n) is 7.38. The number of amides is 2. The third kappa shape index (κ3) is 4.68. The minimum atomic E-state index is -0.572. The van der Waals surface area contributed by atoms with Gasteiger partial charge in [0.05, 0.1) is 0 Å². The average molecular weight is 433 g/mol. The Balaban J connectivity index is 1.67. The number of benzene rings is 3. The van der Waals surface area contributed by atoms with Crippen molar-refractivity contribution in [1.82, 2.24) is 10.4 Å². The number of carbonyl (C=O) groups is 2. The number of hydrogen-bond acceptors (Lipinski definition) is 3. The van der Waals surface area contributed by atoms with Gasteiger partial charge in [0.15, 0.2) is 0 Å². The fourth-order valence-electron chi connectivity index (χ4n) is 3.72. The van der Waals surface area contributed by atoms with Gasteiger partial charge in [-0.1, -0.05) is 60.1 Å². The summed E-state index contributed by atoms with van der Waals surface area (Å²) in [5, 5.41) is 9.52. The summed E-state index contributed by atoms with van der Waals surface area (Å²) >= 11 is 6.05. The third-order valence-corrected chi connectivity index (χ3v) is 5.62. The summed E-state index contributed by atoms with van der Waals surface area (Å²) in [5.41, 5.74) is 6.30. The second kappa shape index (κ2) is 9.16. The highest BCUT2D eigenvalue weighted by atomic mass is 35.5. The molecule has 0 spiro atoms. The SMILES string of the molecule is O=C(NO)c1ccc2c(c1)CN(C(=O)/C(=C\c1ccccc1)c1ccc(Cl)cc1)CC2. The lowest BCUT2D eigenvalue weighted by Crippen LogP contribution is -2.36. The first kappa shape index (κ1) is 20.8. The summed E-state index contributed by atoms with van der Waals surface area (Å²) in [4.78, 5) is 27.1. The molecule has 1 aliphatic rings. The van der Waals surface area contributed by atoms with E-state index in [0.29, 0.717) is 35.7 Å². The Morgan fingerprint density at radius 1 is 0.935 bits per heavy atom. The molecule has 1 heterocycles. The van der Waals surface area contributed by atoms with Crippen LogP contribution in [0.25, 0.3) is 11.6 Å². The molecule has 2 N–H and O–H groups in total. The van der Waals surface area contributed by atoms with Crippen molar-refractivity contribution in [3.8, 4) is 0 Å². The van der Waals surface area contributed by atoms with E-state index in [0.717, 1.165) is 22.3 Å². The van der Waals surface area contributed by atoms with Crippen molar-refractivity contribution in [3.05, 3.63) is 106 Å². The molecule has 3 aromatic rings. The van der Waals surface area contributed by atoms with Crippen molar-refractivity contribution < 1.29 is 14.8 Å². The number of nitrogens with zero attached hydrogens (tertiary/aromatic N) is 1. The molecule has 0 radical (unpaired) electrons. The van der Waals surface area contributed by atoms with Crippen LogP contribution in [0.1, 0.15) is 32.6 Å². The third-order valence-electron chi connectivity index (χ3n) is 5.37. The molecule has 0 bridgehead atoms. The van der Waals surface area contributed by atoms with Crippen molar-refractivity contribution in [2.24, 2.45) is 0 Å². The van der Waals surface area contributed by atoms with Crippen LogP contribution in [0.2, 0.25) is 5.02 Å². The first-order valence-electron chi connectivity index (χ1n) is 9.93. The Morgan fingerprint density at radius 2 is 1.65 bits per heavy atom. The maximum absolute atomic E-state index is 13.6. The van der Waals surface area contributed by atoms with Gasteiger partial charge in [0.25, 0.3) is 11.8 Å². The molecular weight excluding hydrogens is 412 g/mol. The molecule has 0 saturated carbocycles. The van der Waals surface area contributed by atoms with E-state index >= 15 is 0 Å². The van der Waals surface area contributed by atoms with Crippen LogP contribution in [0, 0.1) is 0 Å². The molecule has 4 rings (SSSR count). The van der Waals surface area contributed by atoms with Crippen LogP contribution in [-0.4, -0.2) is 28.5 Å². The lowest BCUT2D eigenvalue weighted by molar-refractivity contribution is -0.125. The Bertz CT molecular complexity index is 1140. The first-order valence-corrected chi connectivity index (χ1v) is 10.3. The van der Waals surface area contributed by atoms with Gasteiger partial charge in [-0.2, -0.15) is 0 Å². The Labute approximate surface area is 185 Å². The Kier molecular flexibility index (Phi) is 6.16. The minimum Gasteiger partial charge on any atom is -0.334 e. The van der Waals surface area contributed by atoms with Crippen LogP contribution in [0.3, 0.4) is 0 Å². The summed E-state index contributed by atoms with van der Waals surface area (Å²) < 4.78 is 0. The van der Waals surface area contributed by atoms with Gasteiger partial charge in [0.2, 0.25) is 0 Å². The van der Waals surface area contributed by atoms with Crippen molar-refractivity contribution in [1.29, 1.82) is 0 Å². The highest BCUT2D eigenvalue weighted by Gasteiger charge is 2.25. The van der Waals surface area contributed by atoms with Crippen LogP contribution >= 0.6 is 11.6 Å². The van der Waals surface area contributed by atoms with Gasteiger partial charge < -0.3 is 4.90 Å². The molecule has 0 unspecified atom stereocenters. The zero-order chi connectivity index (χ0) is 21.8. The highest BCUT2D eigenvalue weighted by molar-refractivity contribution is 6.31. The van der Waals surface area contributed by atoms with E-state index in [1.54, 1.807) is 34.6 Å².